The van der Waals surface area contributed by atoms with E-state index in [-0.39, 0.29) is 0 Å². The topological polar surface area (TPSA) is 43.3 Å². The molecule has 0 radical (unpaired) electrons. The van der Waals surface area contributed by atoms with Gasteiger partial charge in [0.15, 0.2) is 5.82 Å². The SMILES string of the molecule is NCc1nc(C(Cl)(Cl)Cl)n2ccccc12. The van der Waals surface area contributed by atoms with Crippen LogP contribution >= 0.6 is 34.8 Å². The fourth-order valence-electron chi connectivity index (χ4n) is 1.45. The Morgan fingerprint density at radius 1 is 1.33 bits per heavy atom. The Morgan fingerprint density at radius 2 is 2.07 bits per heavy atom. The van der Waals surface area contributed by atoms with E-state index >= 15 is 0 Å². The van der Waals surface area contributed by atoms with Crippen molar-refractivity contribution in [3.8, 4) is 0 Å². The second-order valence-corrected chi connectivity index (χ2v) is 5.32. The second-order valence-electron chi connectivity index (χ2n) is 3.04. The molecular weight excluding hydrogens is 256 g/mol. The molecule has 0 spiro atoms. The Labute approximate surface area is 102 Å². The van der Waals surface area contributed by atoms with E-state index in [9.17, 15) is 0 Å². The zero-order valence-electron chi connectivity index (χ0n) is 7.62. The molecule has 0 aliphatic heterocycles. The van der Waals surface area contributed by atoms with Crippen LogP contribution in [0.15, 0.2) is 24.4 Å². The molecule has 0 saturated carbocycles. The highest BCUT2D eigenvalue weighted by Gasteiger charge is 2.29. The van der Waals surface area contributed by atoms with Crippen LogP contribution in [0, 0.1) is 0 Å². The molecule has 3 nitrogen and oxygen atoms in total. The van der Waals surface area contributed by atoms with Gasteiger partial charge in [0.25, 0.3) is 0 Å². The van der Waals surface area contributed by atoms with Gasteiger partial charge in [-0.2, -0.15) is 0 Å². The van der Waals surface area contributed by atoms with Gasteiger partial charge in [-0.25, -0.2) is 4.98 Å². The molecule has 80 valence electrons. The van der Waals surface area contributed by atoms with Crippen LogP contribution in [-0.4, -0.2) is 9.38 Å². The molecular formula is C9H8Cl3N3. The largest absolute Gasteiger partial charge is 0.325 e. The number of imidazole rings is 1. The van der Waals surface area contributed by atoms with Crippen molar-refractivity contribution < 1.29 is 0 Å². The smallest absolute Gasteiger partial charge is 0.248 e. The first-order valence-corrected chi connectivity index (χ1v) is 5.40. The van der Waals surface area contributed by atoms with Gasteiger partial charge in [0.05, 0.1) is 11.2 Å². The van der Waals surface area contributed by atoms with Gasteiger partial charge in [-0.05, 0) is 12.1 Å². The molecule has 2 rings (SSSR count). The van der Waals surface area contributed by atoms with E-state index in [2.05, 4.69) is 4.98 Å². The quantitative estimate of drug-likeness (QED) is 0.805. The summed E-state index contributed by atoms with van der Waals surface area (Å²) in [7, 11) is 0. The Morgan fingerprint density at radius 3 is 2.67 bits per heavy atom. The van der Waals surface area contributed by atoms with Crippen LogP contribution in [0.25, 0.3) is 5.52 Å². The number of aromatic nitrogens is 2. The summed E-state index contributed by atoms with van der Waals surface area (Å²) in [6.45, 7) is 0.314. The van der Waals surface area contributed by atoms with Crippen LogP contribution in [-0.2, 0) is 10.3 Å². The maximum atomic E-state index is 5.81. The van der Waals surface area contributed by atoms with Gasteiger partial charge in [-0.3, -0.25) is 4.40 Å². The van der Waals surface area contributed by atoms with E-state index in [0.717, 1.165) is 11.2 Å². The molecule has 0 bridgehead atoms. The number of halogens is 3. The molecule has 0 atom stereocenters. The lowest BCUT2D eigenvalue weighted by Gasteiger charge is -2.08. The molecule has 0 aromatic carbocycles. The third kappa shape index (κ3) is 1.93. The fourth-order valence-corrected chi connectivity index (χ4v) is 1.85. The lowest BCUT2D eigenvalue weighted by atomic mass is 10.3. The van der Waals surface area contributed by atoms with Crippen molar-refractivity contribution in [1.82, 2.24) is 9.38 Å². The summed E-state index contributed by atoms with van der Waals surface area (Å²) < 4.78 is 0.187. The highest BCUT2D eigenvalue weighted by Crippen LogP contribution is 2.38. The summed E-state index contributed by atoms with van der Waals surface area (Å²) in [6.07, 6.45) is 1.79. The number of nitrogens with two attached hydrogens (primary N) is 1. The lowest BCUT2D eigenvalue weighted by Crippen LogP contribution is -2.06. The summed E-state index contributed by atoms with van der Waals surface area (Å²) in [5.41, 5.74) is 7.15. The van der Waals surface area contributed by atoms with Gasteiger partial charge < -0.3 is 5.73 Å². The van der Waals surface area contributed by atoms with Gasteiger partial charge in [0, 0.05) is 12.7 Å². The number of hydrogen-bond donors (Lipinski definition) is 1. The Hall–Kier alpha value is -0.480. The average molecular weight is 265 g/mol. The average Bonchev–Trinajstić information content (AvgIpc) is 2.55. The first-order chi connectivity index (χ1) is 7.04. The number of alkyl halides is 3. The van der Waals surface area contributed by atoms with E-state index in [0.29, 0.717) is 12.4 Å². The van der Waals surface area contributed by atoms with Gasteiger partial charge in [-0.1, -0.05) is 40.9 Å². The van der Waals surface area contributed by atoms with Crippen LogP contribution in [0.2, 0.25) is 0 Å². The van der Waals surface area contributed by atoms with E-state index in [4.69, 9.17) is 40.5 Å². The molecule has 0 aliphatic carbocycles. The van der Waals surface area contributed by atoms with Gasteiger partial charge in [0.1, 0.15) is 0 Å². The molecule has 15 heavy (non-hydrogen) atoms. The molecule has 0 amide bonds. The summed E-state index contributed by atoms with van der Waals surface area (Å²) in [5.74, 6) is 0.364. The standard InChI is InChI=1S/C9H8Cl3N3/c10-9(11,12)8-14-6(5-13)7-3-1-2-4-15(7)8/h1-4H,5,13H2. The molecule has 2 aromatic rings. The van der Waals surface area contributed by atoms with E-state index in [1.165, 1.54) is 0 Å². The minimum Gasteiger partial charge on any atom is -0.325 e. The zero-order chi connectivity index (χ0) is 11.1. The number of nitrogens with zero attached hydrogens (tertiary/aromatic N) is 2. The van der Waals surface area contributed by atoms with Crippen LogP contribution in [0.3, 0.4) is 0 Å². The monoisotopic (exact) mass is 263 g/mol. The van der Waals surface area contributed by atoms with E-state index < -0.39 is 3.79 Å². The highest BCUT2D eigenvalue weighted by molar-refractivity contribution is 6.66. The summed E-state index contributed by atoms with van der Waals surface area (Å²) in [4.78, 5) is 4.22. The van der Waals surface area contributed by atoms with Crippen molar-refractivity contribution in [3.63, 3.8) is 0 Å². The minimum absolute atomic E-state index is 0.314. The van der Waals surface area contributed by atoms with Gasteiger partial charge in [0.2, 0.25) is 3.79 Å². The number of rotatable bonds is 1. The van der Waals surface area contributed by atoms with Crippen LogP contribution < -0.4 is 5.73 Å². The molecule has 0 aliphatic rings. The molecule has 0 fully saturated rings. The Balaban J connectivity index is 2.76. The van der Waals surface area contributed by atoms with Crippen LogP contribution in [0.1, 0.15) is 11.5 Å². The van der Waals surface area contributed by atoms with Crippen molar-refractivity contribution in [1.29, 1.82) is 0 Å². The third-order valence-corrected chi connectivity index (χ3v) is 2.58. The van der Waals surface area contributed by atoms with Crippen LogP contribution in [0.4, 0.5) is 0 Å². The van der Waals surface area contributed by atoms with E-state index in [1.54, 1.807) is 10.6 Å². The predicted molar refractivity (Wildman–Crippen MR) is 62.3 cm³/mol. The Bertz CT molecular complexity index is 487. The van der Waals surface area contributed by atoms with Crippen molar-refractivity contribution >= 4 is 40.3 Å². The molecule has 6 heteroatoms. The summed E-state index contributed by atoms with van der Waals surface area (Å²) in [6, 6.07) is 5.61. The summed E-state index contributed by atoms with van der Waals surface area (Å²) in [5, 5.41) is 0. The molecule has 2 N–H and O–H groups in total. The molecule has 0 saturated heterocycles. The molecule has 2 aromatic heterocycles. The maximum Gasteiger partial charge on any atom is 0.248 e. The third-order valence-electron chi connectivity index (χ3n) is 2.07. The number of pyridine rings is 1. The van der Waals surface area contributed by atoms with Crippen molar-refractivity contribution in [2.75, 3.05) is 0 Å². The fraction of sp³-hybridized carbons (Fsp3) is 0.222. The first-order valence-electron chi connectivity index (χ1n) is 4.27. The number of hydrogen-bond acceptors (Lipinski definition) is 2. The van der Waals surface area contributed by atoms with Crippen molar-refractivity contribution in [2.24, 2.45) is 5.73 Å². The maximum absolute atomic E-state index is 5.81. The normalized spacial score (nSPS) is 12.3. The zero-order valence-corrected chi connectivity index (χ0v) is 9.89. The summed E-state index contributed by atoms with van der Waals surface area (Å²) >= 11 is 17.4. The number of fused-ring (bicyclic) bond motifs is 1. The predicted octanol–water partition coefficient (Wildman–Crippen LogP) is 2.62. The lowest BCUT2D eigenvalue weighted by molar-refractivity contribution is 0.938. The minimum atomic E-state index is -1.54. The highest BCUT2D eigenvalue weighted by atomic mass is 35.6. The first kappa shape index (κ1) is 11.0. The second kappa shape index (κ2) is 3.83. The van der Waals surface area contributed by atoms with Gasteiger partial charge in [-0.15, -0.1) is 0 Å². The van der Waals surface area contributed by atoms with Gasteiger partial charge >= 0.3 is 0 Å². The Kier molecular flexibility index (Phi) is 2.81. The van der Waals surface area contributed by atoms with Crippen LogP contribution in [0.5, 0.6) is 0 Å². The van der Waals surface area contributed by atoms with Crippen molar-refractivity contribution in [2.45, 2.75) is 10.3 Å². The molecule has 0 unspecified atom stereocenters. The van der Waals surface area contributed by atoms with Crippen molar-refractivity contribution in [3.05, 3.63) is 35.9 Å². The van der Waals surface area contributed by atoms with E-state index in [1.807, 2.05) is 18.2 Å². The molecule has 2 heterocycles.